The average Bonchev–Trinajstić information content (AvgIpc) is 2.84. The first-order valence-corrected chi connectivity index (χ1v) is 7.51. The number of nitrogens with zero attached hydrogens (tertiary/aromatic N) is 3. The maximum Gasteiger partial charge on any atom is 0.122 e. The number of hydrogen-bond donors (Lipinski definition) is 1. The van der Waals surface area contributed by atoms with Gasteiger partial charge in [0.1, 0.15) is 5.82 Å². The molecule has 2 aromatic rings. The number of aromatic nitrogens is 2. The van der Waals surface area contributed by atoms with E-state index in [1.807, 2.05) is 19.4 Å². The van der Waals surface area contributed by atoms with Crippen molar-refractivity contribution < 1.29 is 0 Å². The predicted molar refractivity (Wildman–Crippen MR) is 86.9 cm³/mol. The molecular formula is C17H26N4. The Kier molecular flexibility index (Phi) is 5.15. The molecule has 21 heavy (non-hydrogen) atoms. The Morgan fingerprint density at radius 3 is 2.71 bits per heavy atom. The highest BCUT2D eigenvalue weighted by Gasteiger charge is 2.24. The van der Waals surface area contributed by atoms with Crippen LogP contribution in [-0.2, 0) is 13.6 Å². The van der Waals surface area contributed by atoms with E-state index in [1.54, 1.807) is 0 Å². The highest BCUT2D eigenvalue weighted by atomic mass is 15.2. The smallest absolute Gasteiger partial charge is 0.122 e. The Labute approximate surface area is 127 Å². The molecule has 1 aromatic carbocycles. The Bertz CT molecular complexity index is 576. The van der Waals surface area contributed by atoms with Crippen molar-refractivity contribution in [2.75, 3.05) is 7.05 Å². The molecular weight excluding hydrogens is 260 g/mol. The zero-order valence-electron chi connectivity index (χ0n) is 13.5. The largest absolute Gasteiger partial charge is 0.337 e. The summed E-state index contributed by atoms with van der Waals surface area (Å²) in [7, 11) is 4.15. The summed E-state index contributed by atoms with van der Waals surface area (Å²) in [5, 5.41) is 0. The van der Waals surface area contributed by atoms with E-state index in [1.165, 1.54) is 11.1 Å². The second-order valence-corrected chi connectivity index (χ2v) is 5.80. The van der Waals surface area contributed by atoms with E-state index >= 15 is 0 Å². The number of aryl methyl sites for hydroxylation is 2. The molecule has 114 valence electrons. The van der Waals surface area contributed by atoms with Gasteiger partial charge in [-0.3, -0.25) is 4.90 Å². The van der Waals surface area contributed by atoms with E-state index in [0.717, 1.165) is 18.8 Å². The molecule has 0 saturated heterocycles. The number of rotatable bonds is 6. The quantitative estimate of drug-likeness (QED) is 0.888. The third kappa shape index (κ3) is 3.71. The first-order valence-electron chi connectivity index (χ1n) is 7.51. The Morgan fingerprint density at radius 1 is 1.38 bits per heavy atom. The molecule has 0 aliphatic heterocycles. The summed E-state index contributed by atoms with van der Waals surface area (Å²) in [4.78, 5) is 6.71. The van der Waals surface area contributed by atoms with Gasteiger partial charge in [0.05, 0.1) is 12.6 Å². The molecule has 2 unspecified atom stereocenters. The molecule has 4 heteroatoms. The first-order chi connectivity index (χ1) is 10.0. The van der Waals surface area contributed by atoms with Crippen molar-refractivity contribution in [2.24, 2.45) is 12.8 Å². The summed E-state index contributed by atoms with van der Waals surface area (Å²) in [6, 6.07) is 8.94. The third-order valence-corrected chi connectivity index (χ3v) is 4.05. The molecule has 1 heterocycles. The van der Waals surface area contributed by atoms with Gasteiger partial charge in [-0.05, 0) is 26.0 Å². The third-order valence-electron chi connectivity index (χ3n) is 4.05. The predicted octanol–water partition coefficient (Wildman–Crippen LogP) is 2.64. The van der Waals surface area contributed by atoms with Crippen LogP contribution in [0.25, 0.3) is 0 Å². The number of likely N-dealkylation sites (N-methyl/N-ethyl adjacent to an activating group) is 1. The van der Waals surface area contributed by atoms with Crippen LogP contribution in [0.3, 0.4) is 0 Å². The summed E-state index contributed by atoms with van der Waals surface area (Å²) >= 11 is 0. The van der Waals surface area contributed by atoms with Crippen LogP contribution in [0.2, 0.25) is 0 Å². The lowest BCUT2D eigenvalue weighted by atomic mass is 9.95. The number of imidazole rings is 1. The van der Waals surface area contributed by atoms with Gasteiger partial charge in [0.15, 0.2) is 0 Å². The summed E-state index contributed by atoms with van der Waals surface area (Å²) < 4.78 is 2.06. The monoisotopic (exact) mass is 286 g/mol. The summed E-state index contributed by atoms with van der Waals surface area (Å²) in [6.45, 7) is 5.05. The first kappa shape index (κ1) is 15.7. The van der Waals surface area contributed by atoms with Crippen LogP contribution in [0.1, 0.15) is 36.3 Å². The summed E-state index contributed by atoms with van der Waals surface area (Å²) in [5.74, 6) is 1.05. The number of hydrogen-bond acceptors (Lipinski definition) is 3. The summed E-state index contributed by atoms with van der Waals surface area (Å²) in [6.07, 6.45) is 4.76. The molecule has 1 aromatic heterocycles. The van der Waals surface area contributed by atoms with Gasteiger partial charge < -0.3 is 10.3 Å². The molecule has 0 amide bonds. The average molecular weight is 286 g/mol. The molecule has 0 fully saturated rings. The second kappa shape index (κ2) is 6.87. The molecule has 0 saturated carbocycles. The Hall–Kier alpha value is -1.65. The molecule has 0 radical (unpaired) electrons. The molecule has 0 aliphatic carbocycles. The fourth-order valence-corrected chi connectivity index (χ4v) is 2.78. The van der Waals surface area contributed by atoms with Gasteiger partial charge >= 0.3 is 0 Å². The molecule has 0 aliphatic rings. The van der Waals surface area contributed by atoms with Crippen molar-refractivity contribution in [1.82, 2.24) is 14.5 Å². The molecule has 0 spiro atoms. The fourth-order valence-electron chi connectivity index (χ4n) is 2.78. The minimum absolute atomic E-state index is 0.108. The van der Waals surface area contributed by atoms with E-state index in [-0.39, 0.29) is 12.1 Å². The zero-order valence-corrected chi connectivity index (χ0v) is 13.5. The lowest BCUT2D eigenvalue weighted by molar-refractivity contribution is 0.195. The van der Waals surface area contributed by atoms with Crippen LogP contribution in [0.5, 0.6) is 0 Å². The number of benzene rings is 1. The van der Waals surface area contributed by atoms with Crippen LogP contribution >= 0.6 is 0 Å². The number of nitrogens with two attached hydrogens (primary N) is 1. The Balaban J connectivity index is 2.25. The maximum absolute atomic E-state index is 6.40. The van der Waals surface area contributed by atoms with Crippen LogP contribution < -0.4 is 5.73 Å². The van der Waals surface area contributed by atoms with Crippen molar-refractivity contribution in [3.05, 3.63) is 53.6 Å². The maximum atomic E-state index is 6.40. The van der Waals surface area contributed by atoms with E-state index in [4.69, 9.17) is 5.73 Å². The molecule has 2 N–H and O–H groups in total. The van der Waals surface area contributed by atoms with Gasteiger partial charge in [-0.25, -0.2) is 4.98 Å². The van der Waals surface area contributed by atoms with Crippen LogP contribution in [0.15, 0.2) is 36.7 Å². The fraction of sp³-hybridized carbons (Fsp3) is 0.471. The van der Waals surface area contributed by atoms with Crippen LogP contribution in [0.4, 0.5) is 0 Å². The molecule has 2 rings (SSSR count). The normalized spacial score (nSPS) is 14.4. The zero-order chi connectivity index (χ0) is 15.4. The minimum atomic E-state index is 0.108. The topological polar surface area (TPSA) is 47.1 Å². The molecule has 4 nitrogen and oxygen atoms in total. The van der Waals surface area contributed by atoms with Gasteiger partial charge in [0.2, 0.25) is 0 Å². The molecule has 0 bridgehead atoms. The van der Waals surface area contributed by atoms with Gasteiger partial charge in [0.25, 0.3) is 0 Å². The van der Waals surface area contributed by atoms with E-state index in [2.05, 4.69) is 59.6 Å². The van der Waals surface area contributed by atoms with Gasteiger partial charge in [-0.15, -0.1) is 0 Å². The van der Waals surface area contributed by atoms with Crippen LogP contribution in [0, 0.1) is 6.92 Å². The minimum Gasteiger partial charge on any atom is -0.337 e. The lowest BCUT2D eigenvalue weighted by Crippen LogP contribution is -2.39. The van der Waals surface area contributed by atoms with Crippen LogP contribution in [-0.4, -0.2) is 27.5 Å². The molecule has 2 atom stereocenters. The van der Waals surface area contributed by atoms with Crippen molar-refractivity contribution in [1.29, 1.82) is 0 Å². The standard InChI is InChI=1S/C17H26N4/c1-5-15(18)17(14-8-6-7-13(2)11-14)21(4)12-16-19-9-10-20(16)3/h6-11,15,17H,5,12,18H2,1-4H3. The van der Waals surface area contributed by atoms with Gasteiger partial charge in [0, 0.05) is 25.5 Å². The van der Waals surface area contributed by atoms with Gasteiger partial charge in [-0.1, -0.05) is 36.8 Å². The van der Waals surface area contributed by atoms with E-state index in [9.17, 15) is 0 Å². The van der Waals surface area contributed by atoms with Crippen molar-refractivity contribution >= 4 is 0 Å². The van der Waals surface area contributed by atoms with E-state index < -0.39 is 0 Å². The highest BCUT2D eigenvalue weighted by Crippen LogP contribution is 2.25. The van der Waals surface area contributed by atoms with Crippen molar-refractivity contribution in [3.63, 3.8) is 0 Å². The van der Waals surface area contributed by atoms with Crippen molar-refractivity contribution in [3.8, 4) is 0 Å². The summed E-state index contributed by atoms with van der Waals surface area (Å²) in [5.41, 5.74) is 8.95. The van der Waals surface area contributed by atoms with Crippen molar-refractivity contribution in [2.45, 2.75) is 38.9 Å². The van der Waals surface area contributed by atoms with E-state index in [0.29, 0.717) is 0 Å². The van der Waals surface area contributed by atoms with Gasteiger partial charge in [-0.2, -0.15) is 0 Å². The second-order valence-electron chi connectivity index (χ2n) is 5.80. The lowest BCUT2D eigenvalue weighted by Gasteiger charge is -2.32. The Morgan fingerprint density at radius 2 is 2.14 bits per heavy atom. The highest BCUT2D eigenvalue weighted by molar-refractivity contribution is 5.26. The SMILES string of the molecule is CCC(N)C(c1cccc(C)c1)N(C)Cc1nccn1C.